The van der Waals surface area contributed by atoms with Crippen LogP contribution in [0.15, 0.2) is 0 Å². The molecule has 0 spiro atoms. The number of fused-ring (bicyclic) bond motifs is 1. The summed E-state index contributed by atoms with van der Waals surface area (Å²) in [4.78, 5) is 22.8. The van der Waals surface area contributed by atoms with E-state index in [0.717, 1.165) is 19.3 Å². The summed E-state index contributed by atoms with van der Waals surface area (Å²) in [5.74, 6) is 1.09. The molecule has 5 atom stereocenters. The summed E-state index contributed by atoms with van der Waals surface area (Å²) in [6.45, 7) is 4.06. The molecule has 2 fully saturated rings. The fourth-order valence-corrected chi connectivity index (χ4v) is 3.92. The molecule has 0 bridgehead atoms. The highest BCUT2D eigenvalue weighted by molar-refractivity contribution is 5.79. The van der Waals surface area contributed by atoms with E-state index in [-0.39, 0.29) is 11.8 Å². The van der Waals surface area contributed by atoms with Gasteiger partial charge >= 0.3 is 5.97 Å². The highest BCUT2D eigenvalue weighted by atomic mass is 16.4. The van der Waals surface area contributed by atoms with Crippen LogP contribution in [0.1, 0.15) is 46.0 Å². The van der Waals surface area contributed by atoms with E-state index in [9.17, 15) is 14.7 Å². The Morgan fingerprint density at radius 3 is 2.65 bits per heavy atom. The Morgan fingerprint density at radius 2 is 2.00 bits per heavy atom. The lowest BCUT2D eigenvalue weighted by Gasteiger charge is -2.45. The largest absolute Gasteiger partial charge is 0.481 e. The van der Waals surface area contributed by atoms with Gasteiger partial charge in [-0.2, -0.15) is 0 Å². The number of aliphatic carboxylic acids is 1. The van der Waals surface area contributed by atoms with Gasteiger partial charge < -0.3 is 5.11 Å². The van der Waals surface area contributed by atoms with Gasteiger partial charge in [-0.05, 0) is 36.5 Å². The monoisotopic (exact) mass is 238 g/mol. The van der Waals surface area contributed by atoms with E-state index in [0.29, 0.717) is 36.4 Å². The summed E-state index contributed by atoms with van der Waals surface area (Å²) < 4.78 is 0. The topological polar surface area (TPSA) is 54.4 Å². The maximum Gasteiger partial charge on any atom is 0.306 e. The van der Waals surface area contributed by atoms with Gasteiger partial charge in [-0.15, -0.1) is 0 Å². The van der Waals surface area contributed by atoms with Crippen molar-refractivity contribution >= 4 is 11.8 Å². The first-order valence-corrected chi connectivity index (χ1v) is 6.75. The van der Waals surface area contributed by atoms with Gasteiger partial charge in [0.1, 0.15) is 5.78 Å². The Balaban J connectivity index is 2.17. The Morgan fingerprint density at radius 1 is 1.29 bits per heavy atom. The molecule has 0 saturated heterocycles. The summed E-state index contributed by atoms with van der Waals surface area (Å²) in [6, 6.07) is 0. The standard InChI is InChI=1S/C14H22O3/c1-8-3-5-12(9(2)14(16)17)13-7-10(15)4-6-11(8)13/h8-9,11-13H,3-7H2,1-2H3,(H,16,17)/t8-,9-,11+,12+,13+/m1/s1. The second-order valence-corrected chi connectivity index (χ2v) is 5.95. The van der Waals surface area contributed by atoms with Crippen LogP contribution in [0.2, 0.25) is 0 Å². The van der Waals surface area contributed by atoms with E-state index < -0.39 is 5.97 Å². The van der Waals surface area contributed by atoms with E-state index in [1.165, 1.54) is 0 Å². The lowest BCUT2D eigenvalue weighted by atomic mass is 9.59. The number of carboxylic acids is 1. The smallest absolute Gasteiger partial charge is 0.306 e. The molecule has 17 heavy (non-hydrogen) atoms. The molecule has 0 unspecified atom stereocenters. The molecule has 2 saturated carbocycles. The van der Waals surface area contributed by atoms with Gasteiger partial charge in [0.15, 0.2) is 0 Å². The SMILES string of the molecule is C[C@@H]1CC[C@@H]([C@@H](C)C(=O)O)[C@H]2CC(=O)CC[C@H]21. The first kappa shape index (κ1) is 12.6. The summed E-state index contributed by atoms with van der Waals surface area (Å²) in [5.41, 5.74) is 0. The third kappa shape index (κ3) is 2.38. The Hall–Kier alpha value is -0.860. The van der Waals surface area contributed by atoms with Crippen LogP contribution in [0.5, 0.6) is 0 Å². The molecule has 2 aliphatic carbocycles. The fourth-order valence-electron chi connectivity index (χ4n) is 3.92. The molecule has 2 rings (SSSR count). The normalized spacial score (nSPS) is 39.5. The lowest BCUT2D eigenvalue weighted by Crippen LogP contribution is -2.42. The van der Waals surface area contributed by atoms with Crippen molar-refractivity contribution in [1.29, 1.82) is 0 Å². The Labute approximate surface area is 103 Å². The molecule has 0 radical (unpaired) electrons. The number of carboxylic acid groups (broad SMARTS) is 1. The van der Waals surface area contributed by atoms with Crippen molar-refractivity contribution in [3.05, 3.63) is 0 Å². The molecule has 0 aromatic rings. The number of carbonyl (C=O) groups is 2. The number of ketones is 1. The predicted octanol–water partition coefficient (Wildman–Crippen LogP) is 2.74. The highest BCUT2D eigenvalue weighted by Gasteiger charge is 2.44. The maximum atomic E-state index is 11.6. The van der Waals surface area contributed by atoms with Crippen molar-refractivity contribution in [1.82, 2.24) is 0 Å². The minimum Gasteiger partial charge on any atom is -0.481 e. The van der Waals surface area contributed by atoms with Crippen molar-refractivity contribution in [2.75, 3.05) is 0 Å². The Kier molecular flexibility index (Phi) is 3.55. The quantitative estimate of drug-likeness (QED) is 0.804. The molecule has 0 aliphatic heterocycles. The van der Waals surface area contributed by atoms with Gasteiger partial charge in [-0.3, -0.25) is 9.59 Å². The highest BCUT2D eigenvalue weighted by Crippen LogP contribution is 2.48. The third-order valence-electron chi connectivity index (χ3n) is 5.04. The Bertz CT molecular complexity index is 323. The fraction of sp³-hybridized carbons (Fsp3) is 0.857. The van der Waals surface area contributed by atoms with Gasteiger partial charge in [0, 0.05) is 12.8 Å². The van der Waals surface area contributed by atoms with Crippen molar-refractivity contribution in [2.45, 2.75) is 46.0 Å². The third-order valence-corrected chi connectivity index (χ3v) is 5.04. The molecular formula is C14H22O3. The lowest BCUT2D eigenvalue weighted by molar-refractivity contribution is -0.147. The molecule has 0 heterocycles. The molecule has 0 aromatic heterocycles. The van der Waals surface area contributed by atoms with Gasteiger partial charge in [0.25, 0.3) is 0 Å². The number of rotatable bonds is 2. The van der Waals surface area contributed by atoms with Crippen LogP contribution < -0.4 is 0 Å². The molecule has 96 valence electrons. The minimum absolute atomic E-state index is 0.206. The first-order chi connectivity index (χ1) is 8.00. The zero-order chi connectivity index (χ0) is 12.6. The van der Waals surface area contributed by atoms with Crippen LogP contribution in [0.3, 0.4) is 0 Å². The number of hydrogen-bond acceptors (Lipinski definition) is 2. The molecule has 3 nitrogen and oxygen atoms in total. The van der Waals surface area contributed by atoms with Crippen molar-refractivity contribution < 1.29 is 14.7 Å². The van der Waals surface area contributed by atoms with Gasteiger partial charge in [-0.25, -0.2) is 0 Å². The van der Waals surface area contributed by atoms with E-state index in [4.69, 9.17) is 0 Å². The first-order valence-electron chi connectivity index (χ1n) is 6.75. The van der Waals surface area contributed by atoms with Crippen LogP contribution in [-0.2, 0) is 9.59 Å². The molecular weight excluding hydrogens is 216 g/mol. The number of hydrogen-bond donors (Lipinski definition) is 1. The van der Waals surface area contributed by atoms with E-state index in [2.05, 4.69) is 6.92 Å². The van der Waals surface area contributed by atoms with Crippen molar-refractivity contribution in [3.8, 4) is 0 Å². The minimum atomic E-state index is -0.707. The molecule has 2 aliphatic rings. The molecule has 1 N–H and O–H groups in total. The molecule has 3 heteroatoms. The van der Waals surface area contributed by atoms with Gasteiger partial charge in [-0.1, -0.05) is 20.3 Å². The van der Waals surface area contributed by atoms with E-state index in [1.54, 1.807) is 6.92 Å². The van der Waals surface area contributed by atoms with Crippen molar-refractivity contribution in [3.63, 3.8) is 0 Å². The van der Waals surface area contributed by atoms with Crippen molar-refractivity contribution in [2.24, 2.45) is 29.6 Å². The number of carbonyl (C=O) groups excluding carboxylic acids is 1. The van der Waals surface area contributed by atoms with Crippen LogP contribution in [0, 0.1) is 29.6 Å². The average Bonchev–Trinajstić information content (AvgIpc) is 2.28. The summed E-state index contributed by atoms with van der Waals surface area (Å²) >= 11 is 0. The average molecular weight is 238 g/mol. The van der Waals surface area contributed by atoms with Crippen LogP contribution >= 0.6 is 0 Å². The summed E-state index contributed by atoms with van der Waals surface area (Å²) in [6.07, 6.45) is 4.41. The van der Waals surface area contributed by atoms with Gasteiger partial charge in [0.05, 0.1) is 5.92 Å². The predicted molar refractivity (Wildman–Crippen MR) is 64.5 cm³/mol. The van der Waals surface area contributed by atoms with Crippen LogP contribution in [0.4, 0.5) is 0 Å². The number of Topliss-reactive ketones (excluding diaryl/α,β-unsaturated/α-hetero) is 1. The summed E-state index contributed by atoms with van der Waals surface area (Å²) in [7, 11) is 0. The maximum absolute atomic E-state index is 11.6. The molecule has 0 amide bonds. The zero-order valence-electron chi connectivity index (χ0n) is 10.7. The van der Waals surface area contributed by atoms with Gasteiger partial charge in [0.2, 0.25) is 0 Å². The summed E-state index contributed by atoms with van der Waals surface area (Å²) in [5, 5.41) is 9.17. The second kappa shape index (κ2) is 4.79. The van der Waals surface area contributed by atoms with E-state index >= 15 is 0 Å². The van der Waals surface area contributed by atoms with E-state index in [1.807, 2.05) is 0 Å². The van der Waals surface area contributed by atoms with Crippen LogP contribution in [0.25, 0.3) is 0 Å². The second-order valence-electron chi connectivity index (χ2n) is 5.95. The zero-order valence-corrected chi connectivity index (χ0v) is 10.7. The molecule has 0 aromatic carbocycles. The van der Waals surface area contributed by atoms with Crippen LogP contribution in [-0.4, -0.2) is 16.9 Å².